The standard InChI is InChI=1S/C16H30N6.HI/c1-4-17-15(18-12-14-8-9-20-21-14)19-13-16(2,3)22-10-6-5-7-11-22;/h8-9H,4-7,10-13H2,1-3H3,(H,20,21)(H2,17,18,19);1H. The molecule has 0 radical (unpaired) electrons. The number of hydrogen-bond acceptors (Lipinski definition) is 3. The molecule has 2 rings (SSSR count). The fourth-order valence-corrected chi connectivity index (χ4v) is 2.79. The van der Waals surface area contributed by atoms with E-state index in [4.69, 9.17) is 0 Å². The second-order valence-corrected chi connectivity index (χ2v) is 6.49. The first kappa shape index (κ1) is 20.2. The molecule has 0 atom stereocenters. The fourth-order valence-electron chi connectivity index (χ4n) is 2.79. The van der Waals surface area contributed by atoms with Gasteiger partial charge >= 0.3 is 0 Å². The van der Waals surface area contributed by atoms with E-state index in [1.807, 2.05) is 6.07 Å². The SMILES string of the molecule is CCNC(=NCc1ccn[nH]1)NCC(C)(C)N1CCCCC1.I. The van der Waals surface area contributed by atoms with Gasteiger partial charge in [-0.1, -0.05) is 6.42 Å². The lowest BCUT2D eigenvalue weighted by atomic mass is 9.98. The van der Waals surface area contributed by atoms with E-state index in [2.05, 4.69) is 51.5 Å². The van der Waals surface area contributed by atoms with Crippen LogP contribution in [0.3, 0.4) is 0 Å². The van der Waals surface area contributed by atoms with E-state index in [-0.39, 0.29) is 29.5 Å². The Morgan fingerprint density at radius 3 is 2.65 bits per heavy atom. The number of nitrogens with zero attached hydrogens (tertiary/aromatic N) is 3. The maximum absolute atomic E-state index is 4.61. The van der Waals surface area contributed by atoms with E-state index in [1.54, 1.807) is 6.20 Å². The zero-order chi connectivity index (χ0) is 15.8. The van der Waals surface area contributed by atoms with Gasteiger partial charge in [0, 0.05) is 24.8 Å². The van der Waals surface area contributed by atoms with Crippen molar-refractivity contribution < 1.29 is 0 Å². The number of aromatic nitrogens is 2. The van der Waals surface area contributed by atoms with Crippen LogP contribution in [0.4, 0.5) is 0 Å². The molecule has 1 aliphatic rings. The number of rotatable bonds is 6. The minimum absolute atomic E-state index is 0. The van der Waals surface area contributed by atoms with Crippen molar-refractivity contribution in [2.75, 3.05) is 26.2 Å². The van der Waals surface area contributed by atoms with Gasteiger partial charge in [-0.25, -0.2) is 4.99 Å². The molecular weight excluding hydrogens is 403 g/mol. The van der Waals surface area contributed by atoms with E-state index in [1.165, 1.54) is 32.4 Å². The molecule has 1 saturated heterocycles. The van der Waals surface area contributed by atoms with Crippen LogP contribution in [0.2, 0.25) is 0 Å². The monoisotopic (exact) mass is 434 g/mol. The number of aliphatic imine (C=N–C) groups is 1. The average molecular weight is 434 g/mol. The van der Waals surface area contributed by atoms with Gasteiger partial charge in [0.1, 0.15) is 0 Å². The van der Waals surface area contributed by atoms with E-state index in [9.17, 15) is 0 Å². The first-order valence-corrected chi connectivity index (χ1v) is 8.37. The van der Waals surface area contributed by atoms with Crippen LogP contribution in [0.1, 0.15) is 45.7 Å². The van der Waals surface area contributed by atoms with Gasteiger partial charge in [-0.2, -0.15) is 5.10 Å². The summed E-state index contributed by atoms with van der Waals surface area (Å²) in [6.07, 6.45) is 5.76. The molecule has 0 spiro atoms. The molecule has 132 valence electrons. The number of hydrogen-bond donors (Lipinski definition) is 3. The molecular formula is C16H31IN6. The summed E-state index contributed by atoms with van der Waals surface area (Å²) in [5, 5.41) is 13.7. The molecule has 6 nitrogen and oxygen atoms in total. The summed E-state index contributed by atoms with van der Waals surface area (Å²) in [5.41, 5.74) is 1.16. The Morgan fingerprint density at radius 2 is 2.04 bits per heavy atom. The zero-order valence-corrected chi connectivity index (χ0v) is 16.9. The van der Waals surface area contributed by atoms with Gasteiger partial charge in [0.2, 0.25) is 0 Å². The molecule has 1 aliphatic heterocycles. The first-order chi connectivity index (χ1) is 10.6. The summed E-state index contributed by atoms with van der Waals surface area (Å²) in [7, 11) is 0. The highest BCUT2D eigenvalue weighted by Crippen LogP contribution is 2.19. The topological polar surface area (TPSA) is 68.3 Å². The maximum Gasteiger partial charge on any atom is 0.191 e. The lowest BCUT2D eigenvalue weighted by molar-refractivity contribution is 0.0982. The smallest absolute Gasteiger partial charge is 0.191 e. The van der Waals surface area contributed by atoms with Crippen LogP contribution in [0.5, 0.6) is 0 Å². The van der Waals surface area contributed by atoms with Crippen molar-refractivity contribution in [3.63, 3.8) is 0 Å². The molecule has 7 heteroatoms. The highest BCUT2D eigenvalue weighted by Gasteiger charge is 2.27. The van der Waals surface area contributed by atoms with Crippen molar-refractivity contribution in [2.24, 2.45) is 4.99 Å². The van der Waals surface area contributed by atoms with Gasteiger partial charge in [-0.15, -0.1) is 24.0 Å². The van der Waals surface area contributed by atoms with Crippen molar-refractivity contribution in [3.05, 3.63) is 18.0 Å². The molecule has 1 fully saturated rings. The van der Waals surface area contributed by atoms with Crippen molar-refractivity contribution in [2.45, 2.75) is 52.1 Å². The number of aromatic amines is 1. The van der Waals surface area contributed by atoms with Gasteiger partial charge in [0.25, 0.3) is 0 Å². The largest absolute Gasteiger partial charge is 0.357 e. The van der Waals surface area contributed by atoms with E-state index in [0.29, 0.717) is 6.54 Å². The summed E-state index contributed by atoms with van der Waals surface area (Å²) >= 11 is 0. The first-order valence-electron chi connectivity index (χ1n) is 8.37. The van der Waals surface area contributed by atoms with Crippen LogP contribution in [-0.4, -0.2) is 52.8 Å². The number of guanidine groups is 1. The van der Waals surface area contributed by atoms with E-state index >= 15 is 0 Å². The maximum atomic E-state index is 4.61. The molecule has 0 amide bonds. The number of nitrogens with one attached hydrogen (secondary N) is 3. The van der Waals surface area contributed by atoms with Crippen molar-refractivity contribution >= 4 is 29.9 Å². The number of halogens is 1. The number of piperidine rings is 1. The summed E-state index contributed by atoms with van der Waals surface area (Å²) in [6, 6.07) is 1.95. The molecule has 2 heterocycles. The Labute approximate surface area is 156 Å². The number of H-pyrrole nitrogens is 1. The fraction of sp³-hybridized carbons (Fsp3) is 0.750. The summed E-state index contributed by atoms with van der Waals surface area (Å²) in [4.78, 5) is 7.19. The van der Waals surface area contributed by atoms with Gasteiger partial charge < -0.3 is 10.6 Å². The Kier molecular flexibility index (Phi) is 8.90. The highest BCUT2D eigenvalue weighted by molar-refractivity contribution is 14.0. The Bertz CT molecular complexity index is 451. The van der Waals surface area contributed by atoms with Crippen molar-refractivity contribution in [1.29, 1.82) is 0 Å². The third-order valence-electron chi connectivity index (χ3n) is 4.21. The van der Waals surface area contributed by atoms with Gasteiger partial charge in [-0.3, -0.25) is 10.00 Å². The van der Waals surface area contributed by atoms with Crippen LogP contribution in [-0.2, 0) is 6.54 Å². The Balaban J connectivity index is 0.00000264. The molecule has 3 N–H and O–H groups in total. The molecule has 0 saturated carbocycles. The molecule has 1 aromatic heterocycles. The predicted octanol–water partition coefficient (Wildman–Crippen LogP) is 2.35. The molecule has 1 aromatic rings. The molecule has 0 unspecified atom stereocenters. The molecule has 23 heavy (non-hydrogen) atoms. The second kappa shape index (κ2) is 10.1. The minimum Gasteiger partial charge on any atom is -0.357 e. The van der Waals surface area contributed by atoms with Crippen LogP contribution in [0.25, 0.3) is 0 Å². The lowest BCUT2D eigenvalue weighted by Crippen LogP contribution is -2.54. The van der Waals surface area contributed by atoms with Crippen molar-refractivity contribution in [1.82, 2.24) is 25.7 Å². The number of likely N-dealkylation sites (tertiary alicyclic amines) is 1. The Hall–Kier alpha value is -0.830. The summed E-state index contributed by atoms with van der Waals surface area (Å²) < 4.78 is 0. The molecule has 0 bridgehead atoms. The Morgan fingerprint density at radius 1 is 1.30 bits per heavy atom. The lowest BCUT2D eigenvalue weighted by Gasteiger charge is -2.41. The van der Waals surface area contributed by atoms with Gasteiger partial charge in [0.05, 0.1) is 12.2 Å². The highest BCUT2D eigenvalue weighted by atomic mass is 127. The van der Waals surface area contributed by atoms with Crippen LogP contribution < -0.4 is 10.6 Å². The second-order valence-electron chi connectivity index (χ2n) is 6.49. The quantitative estimate of drug-likeness (QED) is 0.365. The van der Waals surface area contributed by atoms with Crippen LogP contribution >= 0.6 is 24.0 Å². The third kappa shape index (κ3) is 6.66. The van der Waals surface area contributed by atoms with Gasteiger partial charge in [-0.05, 0) is 52.8 Å². The summed E-state index contributed by atoms with van der Waals surface area (Å²) in [6.45, 7) is 11.5. The zero-order valence-electron chi connectivity index (χ0n) is 14.6. The molecule has 0 aliphatic carbocycles. The summed E-state index contributed by atoms with van der Waals surface area (Å²) in [5.74, 6) is 0.863. The minimum atomic E-state index is 0. The predicted molar refractivity (Wildman–Crippen MR) is 106 cm³/mol. The van der Waals surface area contributed by atoms with Crippen LogP contribution in [0, 0.1) is 0 Å². The van der Waals surface area contributed by atoms with Crippen LogP contribution in [0.15, 0.2) is 17.3 Å². The molecule has 0 aromatic carbocycles. The van der Waals surface area contributed by atoms with E-state index in [0.717, 1.165) is 24.7 Å². The van der Waals surface area contributed by atoms with Gasteiger partial charge in [0.15, 0.2) is 5.96 Å². The normalized spacial score (nSPS) is 16.7. The van der Waals surface area contributed by atoms with Crippen molar-refractivity contribution in [3.8, 4) is 0 Å². The third-order valence-corrected chi connectivity index (χ3v) is 4.21. The van der Waals surface area contributed by atoms with E-state index < -0.39 is 0 Å². The average Bonchev–Trinajstić information content (AvgIpc) is 3.04.